The third-order valence-corrected chi connectivity index (χ3v) is 4.43. The Hall–Kier alpha value is -0.450. The van der Waals surface area contributed by atoms with Gasteiger partial charge in [-0.05, 0) is 39.3 Å². The summed E-state index contributed by atoms with van der Waals surface area (Å²) in [5.74, 6) is 0.930. The van der Waals surface area contributed by atoms with Crippen molar-refractivity contribution in [2.24, 2.45) is 5.92 Å². The molecule has 0 radical (unpaired) electrons. The molecule has 1 fully saturated rings. The molecule has 1 unspecified atom stereocenters. The van der Waals surface area contributed by atoms with Gasteiger partial charge in [0.1, 0.15) is 5.01 Å². The van der Waals surface area contributed by atoms with Crippen LogP contribution in [0.2, 0.25) is 0 Å². The van der Waals surface area contributed by atoms with E-state index in [1.165, 1.54) is 23.5 Å². The fraction of sp³-hybridized carbons (Fsp3) is 0.769. The second-order valence-corrected chi connectivity index (χ2v) is 5.95. The Kier molecular flexibility index (Phi) is 4.54. The first-order valence-corrected chi connectivity index (χ1v) is 7.43. The van der Waals surface area contributed by atoms with E-state index >= 15 is 0 Å². The first kappa shape index (κ1) is 13.0. The first-order chi connectivity index (χ1) is 8.20. The van der Waals surface area contributed by atoms with Crippen molar-refractivity contribution < 1.29 is 0 Å². The van der Waals surface area contributed by atoms with Gasteiger partial charge in [0.25, 0.3) is 0 Å². The van der Waals surface area contributed by atoms with Gasteiger partial charge in [0.15, 0.2) is 0 Å². The zero-order valence-corrected chi connectivity index (χ0v) is 11.9. The van der Waals surface area contributed by atoms with E-state index < -0.39 is 0 Å². The van der Waals surface area contributed by atoms with Gasteiger partial charge in [0, 0.05) is 24.5 Å². The molecule has 1 heterocycles. The maximum absolute atomic E-state index is 4.66. The van der Waals surface area contributed by atoms with Crippen molar-refractivity contribution in [3.8, 4) is 0 Å². The van der Waals surface area contributed by atoms with E-state index in [-0.39, 0.29) is 0 Å². The lowest BCUT2D eigenvalue weighted by atomic mass is 10.2. The lowest BCUT2D eigenvalue weighted by Gasteiger charge is -2.23. The summed E-state index contributed by atoms with van der Waals surface area (Å²) in [6.45, 7) is 7.36. The van der Waals surface area contributed by atoms with Crippen molar-refractivity contribution in [2.75, 3.05) is 13.6 Å². The van der Waals surface area contributed by atoms with Gasteiger partial charge < -0.3 is 5.32 Å². The number of hydrogen-bond acceptors (Lipinski definition) is 4. The first-order valence-electron chi connectivity index (χ1n) is 6.55. The van der Waals surface area contributed by atoms with Crippen LogP contribution in [0.1, 0.15) is 37.4 Å². The van der Waals surface area contributed by atoms with Crippen molar-refractivity contribution >= 4 is 11.3 Å². The summed E-state index contributed by atoms with van der Waals surface area (Å²) >= 11 is 1.77. The molecule has 1 N–H and O–H groups in total. The summed E-state index contributed by atoms with van der Waals surface area (Å²) in [4.78, 5) is 7.10. The van der Waals surface area contributed by atoms with Crippen LogP contribution < -0.4 is 5.32 Å². The molecule has 1 aliphatic carbocycles. The van der Waals surface area contributed by atoms with Crippen molar-refractivity contribution in [3.63, 3.8) is 0 Å². The highest BCUT2D eigenvalue weighted by atomic mass is 32.1. The zero-order valence-electron chi connectivity index (χ0n) is 11.1. The Morgan fingerprint density at radius 2 is 2.35 bits per heavy atom. The van der Waals surface area contributed by atoms with Gasteiger partial charge in [-0.1, -0.05) is 6.92 Å². The molecule has 1 aromatic rings. The van der Waals surface area contributed by atoms with Gasteiger partial charge in [-0.3, -0.25) is 4.90 Å². The molecule has 0 amide bonds. The second kappa shape index (κ2) is 5.94. The van der Waals surface area contributed by atoms with Crippen LogP contribution in [0.15, 0.2) is 5.38 Å². The highest BCUT2D eigenvalue weighted by Crippen LogP contribution is 2.35. The van der Waals surface area contributed by atoms with Crippen LogP contribution in [0.4, 0.5) is 0 Å². The normalized spacial score (nSPS) is 17.6. The Labute approximate surface area is 108 Å². The molecule has 0 aliphatic heterocycles. The summed E-state index contributed by atoms with van der Waals surface area (Å²) in [5, 5.41) is 6.72. The van der Waals surface area contributed by atoms with Crippen LogP contribution in [-0.2, 0) is 13.1 Å². The molecule has 0 aromatic carbocycles. The average molecular weight is 253 g/mol. The lowest BCUT2D eigenvalue weighted by molar-refractivity contribution is 0.224. The Morgan fingerprint density at radius 1 is 1.59 bits per heavy atom. The van der Waals surface area contributed by atoms with Gasteiger partial charge >= 0.3 is 0 Å². The molecular formula is C13H23N3S. The molecule has 1 aromatic heterocycles. The number of nitrogens with zero attached hydrogens (tertiary/aromatic N) is 2. The summed E-state index contributed by atoms with van der Waals surface area (Å²) in [6, 6.07) is 0.703. The van der Waals surface area contributed by atoms with E-state index in [2.05, 4.69) is 41.5 Å². The molecule has 1 saturated carbocycles. The van der Waals surface area contributed by atoms with Crippen LogP contribution in [-0.4, -0.2) is 29.5 Å². The van der Waals surface area contributed by atoms with E-state index in [1.807, 2.05) is 0 Å². The Morgan fingerprint density at radius 3 is 3.00 bits per heavy atom. The highest BCUT2D eigenvalue weighted by Gasteiger charge is 2.30. The summed E-state index contributed by atoms with van der Waals surface area (Å²) in [7, 11) is 2.21. The van der Waals surface area contributed by atoms with Crippen LogP contribution in [0.3, 0.4) is 0 Å². The predicted molar refractivity (Wildman–Crippen MR) is 73.1 cm³/mol. The minimum absolute atomic E-state index is 0.703. The number of rotatable bonds is 7. The van der Waals surface area contributed by atoms with Crippen LogP contribution in [0.25, 0.3) is 0 Å². The SMILES string of the molecule is CCNCc1nc(CN(C)C(C)C2CC2)cs1. The van der Waals surface area contributed by atoms with E-state index in [0.717, 1.165) is 25.6 Å². The van der Waals surface area contributed by atoms with E-state index in [9.17, 15) is 0 Å². The maximum atomic E-state index is 4.66. The van der Waals surface area contributed by atoms with Crippen molar-refractivity contribution in [2.45, 2.75) is 45.8 Å². The molecule has 3 nitrogen and oxygen atoms in total. The molecule has 1 aliphatic rings. The smallest absolute Gasteiger partial charge is 0.107 e. The number of thiazole rings is 1. The summed E-state index contributed by atoms with van der Waals surface area (Å²) in [6.07, 6.45) is 2.82. The molecular weight excluding hydrogens is 230 g/mol. The van der Waals surface area contributed by atoms with Crippen molar-refractivity contribution in [3.05, 3.63) is 16.1 Å². The van der Waals surface area contributed by atoms with Gasteiger partial charge in [0.05, 0.1) is 5.69 Å². The molecule has 0 spiro atoms. The zero-order chi connectivity index (χ0) is 12.3. The standard InChI is InChI=1S/C13H23N3S/c1-4-14-7-13-15-12(9-17-13)8-16(3)10(2)11-5-6-11/h9-11,14H,4-8H2,1-3H3. The topological polar surface area (TPSA) is 28.2 Å². The summed E-state index contributed by atoms with van der Waals surface area (Å²) < 4.78 is 0. The fourth-order valence-electron chi connectivity index (χ4n) is 2.07. The molecule has 0 saturated heterocycles. The van der Waals surface area contributed by atoms with E-state index in [1.54, 1.807) is 11.3 Å². The lowest BCUT2D eigenvalue weighted by Crippen LogP contribution is -2.30. The Bertz CT molecular complexity index is 346. The quantitative estimate of drug-likeness (QED) is 0.809. The fourth-order valence-corrected chi connectivity index (χ4v) is 2.83. The van der Waals surface area contributed by atoms with Crippen molar-refractivity contribution in [1.29, 1.82) is 0 Å². The highest BCUT2D eigenvalue weighted by molar-refractivity contribution is 7.09. The van der Waals surface area contributed by atoms with Crippen LogP contribution in [0, 0.1) is 5.92 Å². The average Bonchev–Trinajstić information content (AvgIpc) is 3.08. The monoisotopic (exact) mass is 253 g/mol. The van der Waals surface area contributed by atoms with Gasteiger partial charge in [-0.2, -0.15) is 0 Å². The van der Waals surface area contributed by atoms with Crippen molar-refractivity contribution in [1.82, 2.24) is 15.2 Å². The predicted octanol–water partition coefficient (Wildman–Crippen LogP) is 2.48. The molecule has 96 valence electrons. The summed E-state index contributed by atoms with van der Waals surface area (Å²) in [5.41, 5.74) is 1.22. The minimum atomic E-state index is 0.703. The molecule has 0 bridgehead atoms. The molecule has 17 heavy (non-hydrogen) atoms. The number of aromatic nitrogens is 1. The third kappa shape index (κ3) is 3.76. The molecule has 4 heteroatoms. The van der Waals surface area contributed by atoms with Gasteiger partial charge in [-0.15, -0.1) is 11.3 Å². The van der Waals surface area contributed by atoms with Crippen LogP contribution in [0.5, 0.6) is 0 Å². The molecule has 1 atom stereocenters. The molecule has 2 rings (SSSR count). The third-order valence-electron chi connectivity index (χ3n) is 3.54. The van der Waals surface area contributed by atoms with Gasteiger partial charge in [-0.25, -0.2) is 4.98 Å². The van der Waals surface area contributed by atoms with Crippen LogP contribution >= 0.6 is 11.3 Å². The van der Waals surface area contributed by atoms with E-state index in [4.69, 9.17) is 0 Å². The van der Waals surface area contributed by atoms with Gasteiger partial charge in [0.2, 0.25) is 0 Å². The second-order valence-electron chi connectivity index (χ2n) is 5.01. The Balaban J connectivity index is 1.82. The van der Waals surface area contributed by atoms with E-state index in [0.29, 0.717) is 6.04 Å². The minimum Gasteiger partial charge on any atom is -0.311 e. The largest absolute Gasteiger partial charge is 0.311 e. The maximum Gasteiger partial charge on any atom is 0.107 e. The number of nitrogens with one attached hydrogen (secondary N) is 1. The number of hydrogen-bond donors (Lipinski definition) is 1.